The lowest BCUT2D eigenvalue weighted by molar-refractivity contribution is -0.240. The van der Waals surface area contributed by atoms with Gasteiger partial charge in [-0.05, 0) is 30.2 Å². The van der Waals surface area contributed by atoms with E-state index < -0.39 is 129 Å². The molecular formula is C27H25F4N3O10. The summed E-state index contributed by atoms with van der Waals surface area (Å²) in [6, 6.07) is 0. The number of carbonyl (C=O) groups excluding carboxylic acids is 3. The van der Waals surface area contributed by atoms with Gasteiger partial charge in [0.15, 0.2) is 41.1 Å². The Kier molecular flexibility index (Phi) is 5.58. The van der Waals surface area contributed by atoms with E-state index in [9.17, 15) is 42.2 Å². The van der Waals surface area contributed by atoms with Crippen molar-refractivity contribution in [1.82, 2.24) is 0 Å². The van der Waals surface area contributed by atoms with Crippen molar-refractivity contribution in [2.45, 2.75) is 82.6 Å². The smallest absolute Gasteiger partial charge is 0.343 e. The molecule has 13 nitrogen and oxygen atoms in total. The summed E-state index contributed by atoms with van der Waals surface area (Å²) < 4.78 is 87.8. The molecule has 6 aliphatic rings. The Morgan fingerprint density at radius 1 is 1.05 bits per heavy atom. The lowest BCUT2D eigenvalue weighted by Gasteiger charge is -2.48. The molecule has 4 heterocycles. The number of benzene rings is 1. The molecule has 0 radical (unpaired) electrons. The second kappa shape index (κ2) is 8.40. The Labute approximate surface area is 244 Å². The van der Waals surface area contributed by atoms with Gasteiger partial charge in [0.2, 0.25) is 11.9 Å². The monoisotopic (exact) mass is 627 g/mol. The maximum absolute atomic E-state index is 15.0. The lowest BCUT2D eigenvalue weighted by Crippen LogP contribution is -2.67. The molecule has 4 aliphatic heterocycles. The number of aliphatic hydroxyl groups is 2. The van der Waals surface area contributed by atoms with E-state index in [0.29, 0.717) is 0 Å². The largest absolute Gasteiger partial charge is 0.459 e. The number of hydrogen-bond donors (Lipinski definition) is 2. The Balaban J connectivity index is 1.43. The molecule has 1 aromatic carbocycles. The van der Waals surface area contributed by atoms with Gasteiger partial charge in [0.1, 0.15) is 17.9 Å². The van der Waals surface area contributed by atoms with Gasteiger partial charge in [-0.2, -0.15) is 0 Å². The number of rotatable bonds is 4. The Hall–Kier alpha value is -3.50. The van der Waals surface area contributed by atoms with Crippen LogP contribution in [0.3, 0.4) is 0 Å². The van der Waals surface area contributed by atoms with Crippen LogP contribution >= 0.6 is 0 Å². The number of aliphatic hydroxyl groups excluding tert-OH is 1. The highest BCUT2D eigenvalue weighted by Crippen LogP contribution is 2.84. The quantitative estimate of drug-likeness (QED) is 0.0955. The summed E-state index contributed by atoms with van der Waals surface area (Å²) in [5.41, 5.74) is -4.15. The molecule has 2 spiro atoms. The fourth-order valence-corrected chi connectivity index (χ4v) is 9.39. The molecule has 44 heavy (non-hydrogen) atoms. The molecule has 0 unspecified atom stereocenters. The van der Waals surface area contributed by atoms with Crippen LogP contribution in [0.5, 0.6) is 0 Å². The van der Waals surface area contributed by atoms with E-state index >= 15 is 0 Å². The third kappa shape index (κ3) is 2.67. The van der Waals surface area contributed by atoms with Crippen molar-refractivity contribution >= 4 is 23.6 Å². The molecule has 17 heteroatoms. The zero-order valence-electron chi connectivity index (χ0n) is 23.5. The molecule has 0 amide bonds. The second-order valence-corrected chi connectivity index (χ2v) is 13.2. The number of esters is 3. The Morgan fingerprint density at radius 3 is 2.27 bits per heavy atom. The molecule has 11 atom stereocenters. The molecule has 4 saturated heterocycles. The normalized spacial score (nSPS) is 44.5. The van der Waals surface area contributed by atoms with Gasteiger partial charge in [-0.1, -0.05) is 25.9 Å². The van der Waals surface area contributed by atoms with E-state index in [-0.39, 0.29) is 6.42 Å². The van der Waals surface area contributed by atoms with Crippen LogP contribution in [0.4, 0.5) is 23.2 Å². The number of azide groups is 1. The Bertz CT molecular complexity index is 1600. The van der Waals surface area contributed by atoms with Crippen LogP contribution in [0.25, 0.3) is 10.4 Å². The van der Waals surface area contributed by atoms with Crippen LogP contribution in [0.1, 0.15) is 39.7 Å². The third-order valence-corrected chi connectivity index (χ3v) is 10.8. The SMILES string of the molecule is C[C@@H]1C(=O)O[C@H]2[C@H](O)[C@]34[C@H]5C[C@@H](C(C)(C)C)[C@@]36[C@@H](OC(=O)[C@@H]6OCc3c(F)c(F)c(N=[N+]=[N-])c(F)c3F)O[C@@]4(C(=O)O5)[C@@]12O. The van der Waals surface area contributed by atoms with Crippen molar-refractivity contribution in [1.29, 1.82) is 0 Å². The summed E-state index contributed by atoms with van der Waals surface area (Å²) in [4.78, 5) is 42.2. The zero-order chi connectivity index (χ0) is 32.1. The number of ether oxygens (including phenoxy) is 5. The van der Waals surface area contributed by atoms with Gasteiger partial charge in [-0.3, -0.25) is 4.79 Å². The van der Waals surface area contributed by atoms with E-state index in [1.54, 1.807) is 20.8 Å². The molecule has 2 saturated carbocycles. The molecule has 0 aromatic heterocycles. The molecule has 7 rings (SSSR count). The van der Waals surface area contributed by atoms with E-state index in [2.05, 4.69) is 10.0 Å². The fraction of sp³-hybridized carbons (Fsp3) is 0.667. The lowest BCUT2D eigenvalue weighted by atomic mass is 9.51. The van der Waals surface area contributed by atoms with Crippen molar-refractivity contribution in [3.05, 3.63) is 39.3 Å². The van der Waals surface area contributed by atoms with Gasteiger partial charge in [-0.25, -0.2) is 27.2 Å². The van der Waals surface area contributed by atoms with Gasteiger partial charge in [0.25, 0.3) is 0 Å². The topological polar surface area (TPSA) is 187 Å². The summed E-state index contributed by atoms with van der Waals surface area (Å²) in [7, 11) is 0. The maximum atomic E-state index is 15.0. The minimum atomic E-state index is -2.51. The fourth-order valence-electron chi connectivity index (χ4n) is 9.39. The van der Waals surface area contributed by atoms with Crippen LogP contribution in [-0.4, -0.2) is 70.0 Å². The van der Waals surface area contributed by atoms with Crippen molar-refractivity contribution in [2.24, 2.45) is 33.2 Å². The molecular weight excluding hydrogens is 602 g/mol. The Morgan fingerprint density at radius 2 is 1.68 bits per heavy atom. The van der Waals surface area contributed by atoms with E-state index in [1.807, 2.05) is 0 Å². The predicted molar refractivity (Wildman–Crippen MR) is 130 cm³/mol. The first kappa shape index (κ1) is 29.2. The minimum absolute atomic E-state index is 0.0254. The number of carbonyl (C=O) groups is 3. The second-order valence-electron chi connectivity index (χ2n) is 13.2. The van der Waals surface area contributed by atoms with E-state index in [1.165, 1.54) is 6.92 Å². The van der Waals surface area contributed by atoms with Gasteiger partial charge in [0, 0.05) is 4.91 Å². The predicted octanol–water partition coefficient (Wildman–Crippen LogP) is 2.35. The van der Waals surface area contributed by atoms with Crippen LogP contribution in [-0.2, 0) is 44.7 Å². The number of fused-ring (bicyclic) bond motifs is 1. The zero-order valence-corrected chi connectivity index (χ0v) is 23.5. The number of nitrogens with zero attached hydrogens (tertiary/aromatic N) is 3. The van der Waals surface area contributed by atoms with E-state index in [0.717, 1.165) is 0 Å². The highest BCUT2D eigenvalue weighted by Gasteiger charge is 3.04. The third-order valence-electron chi connectivity index (χ3n) is 10.8. The molecule has 0 bridgehead atoms. The average Bonchev–Trinajstić information content (AvgIpc) is 3.67. The van der Waals surface area contributed by atoms with Crippen molar-refractivity contribution < 1.29 is 65.8 Å². The van der Waals surface area contributed by atoms with Crippen LogP contribution in [0.2, 0.25) is 0 Å². The van der Waals surface area contributed by atoms with E-state index in [4.69, 9.17) is 29.2 Å². The minimum Gasteiger partial charge on any atom is -0.459 e. The van der Waals surface area contributed by atoms with Crippen molar-refractivity contribution in [3.8, 4) is 0 Å². The summed E-state index contributed by atoms with van der Waals surface area (Å²) in [5, 5.41) is 26.9. The summed E-state index contributed by atoms with van der Waals surface area (Å²) >= 11 is 0. The van der Waals surface area contributed by atoms with Crippen molar-refractivity contribution in [2.75, 3.05) is 0 Å². The first-order chi connectivity index (χ1) is 20.5. The standard InChI is InChI=1S/C27H25F4N3O10/c1-7-19(36)42-17-16(35)25-10-5-9(23(2,3)4)24(25)18(20(37)43-22(24)44-27(25,21(38)41-10)26(7,17)39)40-6-8-11(28)13(30)15(33-34-32)14(31)12(8)29/h7,9-10,16-18,22,35,39H,5-6H2,1-4H3/t7-,9+,10-,16+,17+,18+,22+,24-,25-,26-,27-/m1/s1. The first-order valence-corrected chi connectivity index (χ1v) is 13.7. The molecule has 236 valence electrons. The van der Waals surface area contributed by atoms with Crippen LogP contribution in [0, 0.1) is 51.3 Å². The van der Waals surface area contributed by atoms with Crippen molar-refractivity contribution in [3.63, 3.8) is 0 Å². The summed E-state index contributed by atoms with van der Waals surface area (Å²) in [6.07, 6.45) is -8.50. The van der Waals surface area contributed by atoms with Gasteiger partial charge in [0.05, 0.1) is 28.9 Å². The van der Waals surface area contributed by atoms with Gasteiger partial charge in [-0.15, -0.1) is 0 Å². The molecule has 2 aliphatic carbocycles. The molecule has 2 N–H and O–H groups in total. The van der Waals surface area contributed by atoms with Gasteiger partial charge >= 0.3 is 17.9 Å². The number of hydrogen-bond acceptors (Lipinski definition) is 11. The first-order valence-electron chi connectivity index (χ1n) is 13.7. The summed E-state index contributed by atoms with van der Waals surface area (Å²) in [5.74, 6) is -13.4. The summed E-state index contributed by atoms with van der Waals surface area (Å²) in [6.45, 7) is 5.30. The molecule has 6 fully saturated rings. The molecule has 1 aromatic rings. The highest BCUT2D eigenvalue weighted by atomic mass is 19.2. The van der Waals surface area contributed by atoms with Crippen LogP contribution in [0.15, 0.2) is 5.11 Å². The average molecular weight is 628 g/mol. The number of halogens is 4. The highest BCUT2D eigenvalue weighted by molar-refractivity contribution is 5.94. The maximum Gasteiger partial charge on any atom is 0.343 e. The van der Waals surface area contributed by atoms with Crippen LogP contribution < -0.4 is 0 Å². The van der Waals surface area contributed by atoms with Gasteiger partial charge < -0.3 is 33.9 Å².